The van der Waals surface area contributed by atoms with Crippen LogP contribution in [0.5, 0.6) is 5.75 Å². The zero-order valence-electron chi connectivity index (χ0n) is 19.2. The molecule has 0 radical (unpaired) electrons. The van der Waals surface area contributed by atoms with E-state index in [1.54, 1.807) is 30.5 Å². The number of pyridine rings is 1. The molecular weight excluding hydrogens is 452 g/mol. The smallest absolute Gasteiger partial charge is 0.387 e. The summed E-state index contributed by atoms with van der Waals surface area (Å²) in [6.07, 6.45) is 1.70. The van der Waals surface area contributed by atoms with Crippen LogP contribution < -0.4 is 10.1 Å². The number of aryl methyl sites for hydroxylation is 1. The zero-order chi connectivity index (χ0) is 24.4. The summed E-state index contributed by atoms with van der Waals surface area (Å²) in [6, 6.07) is 16.3. The van der Waals surface area contributed by atoms with Gasteiger partial charge in [-0.2, -0.15) is 8.78 Å². The number of piperazine rings is 1. The number of alkyl halides is 2. The quantitative estimate of drug-likeness (QED) is 0.453. The first-order valence-corrected chi connectivity index (χ1v) is 11.5. The van der Waals surface area contributed by atoms with Crippen LogP contribution >= 0.6 is 0 Å². The molecule has 0 unspecified atom stereocenters. The predicted octanol–water partition coefficient (Wildman–Crippen LogP) is 4.10. The Balaban J connectivity index is 1.43. The van der Waals surface area contributed by atoms with Gasteiger partial charge in [-0.25, -0.2) is 4.98 Å². The molecule has 1 N–H and O–H groups in total. The summed E-state index contributed by atoms with van der Waals surface area (Å²) in [5, 5.41) is 3.24. The van der Waals surface area contributed by atoms with Gasteiger partial charge in [0, 0.05) is 43.5 Å². The molecule has 0 spiro atoms. The summed E-state index contributed by atoms with van der Waals surface area (Å²) in [6.45, 7) is 2.25. The number of nitrogens with one attached hydrogen (secondary N) is 1. The van der Waals surface area contributed by atoms with Gasteiger partial charge >= 0.3 is 6.61 Å². The number of amides is 1. The van der Waals surface area contributed by atoms with Crippen LogP contribution in [0.4, 0.5) is 8.78 Å². The Morgan fingerprint density at radius 3 is 2.60 bits per heavy atom. The largest absolute Gasteiger partial charge is 0.434 e. The SMILES string of the molecule is Cc1nc2ccc(-c3ccc(C(=O)N4CCNCC4)nc3)cc2n1Cc1ccccc1OC(F)F. The van der Waals surface area contributed by atoms with Crippen molar-refractivity contribution in [3.05, 3.63) is 77.9 Å². The van der Waals surface area contributed by atoms with Gasteiger partial charge in [-0.3, -0.25) is 9.78 Å². The number of benzene rings is 2. The molecule has 9 heteroatoms. The number of carbonyl (C=O) groups is 1. The molecule has 180 valence electrons. The molecule has 1 amide bonds. The number of ether oxygens (including phenoxy) is 1. The summed E-state index contributed by atoms with van der Waals surface area (Å²) >= 11 is 0. The summed E-state index contributed by atoms with van der Waals surface area (Å²) < 4.78 is 32.4. The molecule has 7 nitrogen and oxygen atoms in total. The molecule has 4 aromatic rings. The fraction of sp³-hybridized carbons (Fsp3) is 0.269. The average Bonchev–Trinajstić information content (AvgIpc) is 3.19. The highest BCUT2D eigenvalue weighted by Gasteiger charge is 2.19. The highest BCUT2D eigenvalue weighted by molar-refractivity contribution is 5.93. The van der Waals surface area contributed by atoms with Crippen LogP contribution in [-0.2, 0) is 6.54 Å². The molecule has 1 fully saturated rings. The summed E-state index contributed by atoms with van der Waals surface area (Å²) in [5.41, 5.74) is 4.52. The minimum Gasteiger partial charge on any atom is -0.434 e. The normalized spacial score (nSPS) is 14.0. The summed E-state index contributed by atoms with van der Waals surface area (Å²) in [5.74, 6) is 0.847. The zero-order valence-corrected chi connectivity index (χ0v) is 19.2. The van der Waals surface area contributed by atoms with E-state index in [-0.39, 0.29) is 11.7 Å². The maximum Gasteiger partial charge on any atom is 0.387 e. The lowest BCUT2D eigenvalue weighted by molar-refractivity contribution is -0.0504. The molecule has 5 rings (SSSR count). The van der Waals surface area contributed by atoms with Crippen LogP contribution in [0.1, 0.15) is 21.9 Å². The van der Waals surface area contributed by atoms with Gasteiger partial charge in [0.15, 0.2) is 0 Å². The van der Waals surface area contributed by atoms with Crippen molar-refractivity contribution in [2.75, 3.05) is 26.2 Å². The van der Waals surface area contributed by atoms with Gasteiger partial charge in [0.2, 0.25) is 0 Å². The number of halogens is 2. The number of rotatable bonds is 6. The van der Waals surface area contributed by atoms with Gasteiger partial charge in [0.05, 0.1) is 17.6 Å². The van der Waals surface area contributed by atoms with Crippen molar-refractivity contribution in [3.8, 4) is 16.9 Å². The second-order valence-corrected chi connectivity index (χ2v) is 8.41. The number of hydrogen-bond acceptors (Lipinski definition) is 5. The Labute approximate surface area is 201 Å². The van der Waals surface area contributed by atoms with Crippen molar-refractivity contribution in [2.24, 2.45) is 0 Å². The van der Waals surface area contributed by atoms with Gasteiger partial charge in [-0.05, 0) is 36.8 Å². The highest BCUT2D eigenvalue weighted by Crippen LogP contribution is 2.28. The molecule has 0 atom stereocenters. The standard InChI is InChI=1S/C26H25F2N5O2/c1-17-31-21-8-6-18(19-7-9-22(30-15-19)25(34)32-12-10-29-11-13-32)14-23(21)33(17)16-20-4-2-3-5-24(20)35-26(27)28/h2-9,14-15,26,29H,10-13,16H2,1H3. The lowest BCUT2D eigenvalue weighted by Crippen LogP contribution is -2.46. The molecule has 0 aliphatic carbocycles. The van der Waals surface area contributed by atoms with Crippen molar-refractivity contribution in [1.29, 1.82) is 0 Å². The van der Waals surface area contributed by atoms with Gasteiger partial charge in [0.25, 0.3) is 5.91 Å². The third-order valence-electron chi connectivity index (χ3n) is 6.18. The molecule has 2 aromatic heterocycles. The third kappa shape index (κ3) is 4.85. The number of hydrogen-bond donors (Lipinski definition) is 1. The van der Waals surface area contributed by atoms with Crippen molar-refractivity contribution in [1.82, 2.24) is 24.8 Å². The van der Waals surface area contributed by atoms with Crippen molar-refractivity contribution in [2.45, 2.75) is 20.1 Å². The Morgan fingerprint density at radius 2 is 1.86 bits per heavy atom. The summed E-state index contributed by atoms with van der Waals surface area (Å²) in [4.78, 5) is 23.6. The number of fused-ring (bicyclic) bond motifs is 1. The van der Waals surface area contributed by atoms with Crippen molar-refractivity contribution in [3.63, 3.8) is 0 Å². The van der Waals surface area contributed by atoms with E-state index in [2.05, 4.69) is 15.3 Å². The molecule has 0 bridgehead atoms. The number of para-hydroxylation sites is 1. The second kappa shape index (κ2) is 9.79. The van der Waals surface area contributed by atoms with E-state index in [9.17, 15) is 13.6 Å². The average molecular weight is 478 g/mol. The van der Waals surface area contributed by atoms with Crippen molar-refractivity contribution < 1.29 is 18.3 Å². The van der Waals surface area contributed by atoms with Crippen LogP contribution in [0.25, 0.3) is 22.2 Å². The van der Waals surface area contributed by atoms with E-state index in [0.717, 1.165) is 41.1 Å². The minimum atomic E-state index is -2.89. The lowest BCUT2D eigenvalue weighted by atomic mass is 10.1. The van der Waals surface area contributed by atoms with E-state index < -0.39 is 6.61 Å². The number of nitrogens with zero attached hydrogens (tertiary/aromatic N) is 4. The summed E-state index contributed by atoms with van der Waals surface area (Å²) in [7, 11) is 0. The molecule has 1 aliphatic heterocycles. The van der Waals surface area contributed by atoms with E-state index in [1.807, 2.05) is 40.7 Å². The van der Waals surface area contributed by atoms with Crippen LogP contribution in [0.15, 0.2) is 60.8 Å². The third-order valence-corrected chi connectivity index (χ3v) is 6.18. The van der Waals surface area contributed by atoms with E-state index in [4.69, 9.17) is 4.74 Å². The highest BCUT2D eigenvalue weighted by atomic mass is 19.3. The first-order chi connectivity index (χ1) is 17.0. The second-order valence-electron chi connectivity index (χ2n) is 8.41. The molecule has 1 aliphatic rings. The maximum absolute atomic E-state index is 12.9. The minimum absolute atomic E-state index is 0.0631. The molecule has 35 heavy (non-hydrogen) atoms. The first-order valence-electron chi connectivity index (χ1n) is 11.5. The molecule has 3 heterocycles. The monoisotopic (exact) mass is 477 g/mol. The molecule has 0 saturated carbocycles. The maximum atomic E-state index is 12.9. The Bertz CT molecular complexity index is 1350. The van der Waals surface area contributed by atoms with Gasteiger partial charge in [-0.1, -0.05) is 30.3 Å². The Hall–Kier alpha value is -3.85. The van der Waals surface area contributed by atoms with Crippen LogP contribution in [0, 0.1) is 6.92 Å². The fourth-order valence-electron chi connectivity index (χ4n) is 4.36. The number of carbonyl (C=O) groups excluding carboxylic acids is 1. The van der Waals surface area contributed by atoms with Crippen LogP contribution in [0.3, 0.4) is 0 Å². The lowest BCUT2D eigenvalue weighted by Gasteiger charge is -2.27. The topological polar surface area (TPSA) is 72.3 Å². The predicted molar refractivity (Wildman–Crippen MR) is 129 cm³/mol. The number of imidazole rings is 1. The Morgan fingerprint density at radius 1 is 1.09 bits per heavy atom. The molecular formula is C26H25F2N5O2. The molecule has 2 aromatic carbocycles. The van der Waals surface area contributed by atoms with Crippen molar-refractivity contribution >= 4 is 16.9 Å². The van der Waals surface area contributed by atoms with E-state index in [0.29, 0.717) is 30.9 Å². The fourth-order valence-corrected chi connectivity index (χ4v) is 4.36. The first kappa shape index (κ1) is 22.9. The van der Waals surface area contributed by atoms with Gasteiger partial charge < -0.3 is 19.5 Å². The number of aromatic nitrogens is 3. The van der Waals surface area contributed by atoms with Gasteiger partial charge in [-0.15, -0.1) is 0 Å². The van der Waals surface area contributed by atoms with Gasteiger partial charge in [0.1, 0.15) is 17.3 Å². The van der Waals surface area contributed by atoms with Crippen LogP contribution in [0.2, 0.25) is 0 Å². The Kier molecular flexibility index (Phi) is 6.41. The van der Waals surface area contributed by atoms with E-state index >= 15 is 0 Å². The molecule has 1 saturated heterocycles. The van der Waals surface area contributed by atoms with Crippen LogP contribution in [-0.4, -0.2) is 58.1 Å². The van der Waals surface area contributed by atoms with E-state index in [1.165, 1.54) is 6.07 Å².